The first-order valence-corrected chi connectivity index (χ1v) is 10.3. The second-order valence-corrected chi connectivity index (χ2v) is 7.60. The summed E-state index contributed by atoms with van der Waals surface area (Å²) in [5.74, 6) is 0.699. The van der Waals surface area contributed by atoms with E-state index in [9.17, 15) is 14.9 Å². The highest BCUT2D eigenvalue weighted by Crippen LogP contribution is 2.31. The third-order valence-corrected chi connectivity index (χ3v) is 4.96. The molecule has 3 aromatic carbocycles. The van der Waals surface area contributed by atoms with E-state index in [-0.39, 0.29) is 18.0 Å². The van der Waals surface area contributed by atoms with Crippen LogP contribution < -0.4 is 14.9 Å². The lowest BCUT2D eigenvalue weighted by Crippen LogP contribution is -2.19. The SMILES string of the molecule is COc1cccc(/C=N\NC(=O)Cc2ccc([N+](=O)[O-])cc2)c1OCc1ccc(Br)cc1. The van der Waals surface area contributed by atoms with Crippen LogP contribution in [0.5, 0.6) is 11.5 Å². The van der Waals surface area contributed by atoms with Crippen LogP contribution in [-0.4, -0.2) is 24.2 Å². The van der Waals surface area contributed by atoms with E-state index in [0.29, 0.717) is 29.2 Å². The maximum Gasteiger partial charge on any atom is 0.269 e. The summed E-state index contributed by atoms with van der Waals surface area (Å²) in [5.41, 5.74) is 4.69. The number of ether oxygens (including phenoxy) is 2. The van der Waals surface area contributed by atoms with Crippen molar-refractivity contribution in [3.8, 4) is 11.5 Å². The summed E-state index contributed by atoms with van der Waals surface area (Å²) >= 11 is 3.41. The lowest BCUT2D eigenvalue weighted by molar-refractivity contribution is -0.384. The molecule has 0 aromatic heterocycles. The summed E-state index contributed by atoms with van der Waals surface area (Å²) in [4.78, 5) is 22.4. The highest BCUT2D eigenvalue weighted by Gasteiger charge is 2.11. The van der Waals surface area contributed by atoms with Crippen LogP contribution in [0.4, 0.5) is 5.69 Å². The summed E-state index contributed by atoms with van der Waals surface area (Å²) in [6, 6.07) is 18.9. The van der Waals surface area contributed by atoms with E-state index in [1.54, 1.807) is 25.3 Å². The highest BCUT2D eigenvalue weighted by molar-refractivity contribution is 9.10. The van der Waals surface area contributed by atoms with Gasteiger partial charge >= 0.3 is 0 Å². The molecule has 0 saturated carbocycles. The molecule has 9 heteroatoms. The third kappa shape index (κ3) is 6.39. The zero-order valence-corrected chi connectivity index (χ0v) is 18.7. The minimum Gasteiger partial charge on any atom is -0.493 e. The molecule has 0 fully saturated rings. The first kappa shape index (κ1) is 23.0. The van der Waals surface area contributed by atoms with Gasteiger partial charge in [-0.25, -0.2) is 5.43 Å². The minimum atomic E-state index is -0.487. The number of hydrazone groups is 1. The third-order valence-electron chi connectivity index (χ3n) is 4.43. The fourth-order valence-electron chi connectivity index (χ4n) is 2.82. The Labute approximate surface area is 193 Å². The van der Waals surface area contributed by atoms with Crippen molar-refractivity contribution in [2.45, 2.75) is 13.0 Å². The first-order chi connectivity index (χ1) is 15.5. The number of rotatable bonds is 9. The van der Waals surface area contributed by atoms with Crippen molar-refractivity contribution in [2.75, 3.05) is 7.11 Å². The number of methoxy groups -OCH3 is 1. The fourth-order valence-corrected chi connectivity index (χ4v) is 3.08. The second-order valence-electron chi connectivity index (χ2n) is 6.69. The first-order valence-electron chi connectivity index (χ1n) is 9.55. The van der Waals surface area contributed by atoms with Gasteiger partial charge in [0.2, 0.25) is 5.91 Å². The molecule has 0 aliphatic carbocycles. The topological polar surface area (TPSA) is 103 Å². The van der Waals surface area contributed by atoms with Gasteiger partial charge in [0.05, 0.1) is 24.7 Å². The van der Waals surface area contributed by atoms with Gasteiger partial charge in [0.15, 0.2) is 11.5 Å². The number of halogens is 1. The molecule has 0 atom stereocenters. The van der Waals surface area contributed by atoms with Crippen LogP contribution in [0.2, 0.25) is 0 Å². The number of hydrogen-bond donors (Lipinski definition) is 1. The number of non-ortho nitro benzene ring substituents is 1. The molecule has 32 heavy (non-hydrogen) atoms. The number of nitro benzene ring substituents is 1. The predicted molar refractivity (Wildman–Crippen MR) is 124 cm³/mol. The molecule has 0 aliphatic heterocycles. The number of nitro groups is 1. The smallest absolute Gasteiger partial charge is 0.269 e. The Balaban J connectivity index is 1.64. The van der Waals surface area contributed by atoms with Crippen LogP contribution in [0.25, 0.3) is 0 Å². The van der Waals surface area contributed by atoms with Crippen molar-refractivity contribution in [3.63, 3.8) is 0 Å². The number of nitrogens with zero attached hydrogens (tertiary/aromatic N) is 2. The maximum atomic E-state index is 12.1. The van der Waals surface area contributed by atoms with E-state index >= 15 is 0 Å². The number of benzene rings is 3. The van der Waals surface area contributed by atoms with Crippen LogP contribution in [0.15, 0.2) is 76.3 Å². The lowest BCUT2D eigenvalue weighted by atomic mass is 10.1. The molecule has 0 saturated heterocycles. The predicted octanol–water partition coefficient (Wildman–Crippen LogP) is 4.64. The summed E-state index contributed by atoms with van der Waals surface area (Å²) in [7, 11) is 1.55. The standard InChI is InChI=1S/C23H20BrN3O5/c1-31-21-4-2-3-18(23(21)32-15-17-5-9-19(24)10-6-17)14-25-26-22(28)13-16-7-11-20(12-8-16)27(29)30/h2-12,14H,13,15H2,1H3,(H,26,28)/b25-14-. The molecular formula is C23H20BrN3O5. The summed E-state index contributed by atoms with van der Waals surface area (Å²) < 4.78 is 12.3. The Kier molecular flexibility index (Phi) is 7.93. The van der Waals surface area contributed by atoms with Gasteiger partial charge in [-0.3, -0.25) is 14.9 Å². The molecular weight excluding hydrogens is 478 g/mol. The van der Waals surface area contributed by atoms with Gasteiger partial charge in [0, 0.05) is 22.2 Å². The average molecular weight is 498 g/mol. The Morgan fingerprint density at radius 2 is 1.78 bits per heavy atom. The zero-order chi connectivity index (χ0) is 22.9. The quantitative estimate of drug-likeness (QED) is 0.263. The molecule has 0 heterocycles. The molecule has 0 bridgehead atoms. The van der Waals surface area contributed by atoms with Crippen LogP contribution in [0, 0.1) is 10.1 Å². The van der Waals surface area contributed by atoms with Crippen LogP contribution in [0.1, 0.15) is 16.7 Å². The number of amides is 1. The maximum absolute atomic E-state index is 12.1. The Morgan fingerprint density at radius 3 is 2.44 bits per heavy atom. The molecule has 8 nitrogen and oxygen atoms in total. The average Bonchev–Trinajstić information content (AvgIpc) is 2.79. The Hall–Kier alpha value is -3.72. The molecule has 3 aromatic rings. The lowest BCUT2D eigenvalue weighted by Gasteiger charge is -2.13. The van der Waals surface area contributed by atoms with E-state index in [0.717, 1.165) is 10.0 Å². The summed E-state index contributed by atoms with van der Waals surface area (Å²) in [6.07, 6.45) is 1.52. The van der Waals surface area contributed by atoms with Gasteiger partial charge in [-0.05, 0) is 35.4 Å². The molecule has 0 aliphatic rings. The molecule has 3 rings (SSSR count). The Morgan fingerprint density at radius 1 is 1.09 bits per heavy atom. The van der Waals surface area contributed by atoms with E-state index in [2.05, 4.69) is 26.5 Å². The molecule has 1 N–H and O–H groups in total. The van der Waals surface area contributed by atoms with Gasteiger partial charge in [-0.1, -0.05) is 46.3 Å². The van der Waals surface area contributed by atoms with E-state index in [1.807, 2.05) is 24.3 Å². The van der Waals surface area contributed by atoms with Crippen molar-refractivity contribution in [3.05, 3.63) is 98.0 Å². The molecule has 0 radical (unpaired) electrons. The van der Waals surface area contributed by atoms with Crippen molar-refractivity contribution >= 4 is 33.7 Å². The Bertz CT molecular complexity index is 1120. The summed E-state index contributed by atoms with van der Waals surface area (Å²) in [5, 5.41) is 14.7. The number of para-hydroxylation sites is 1. The largest absolute Gasteiger partial charge is 0.493 e. The highest BCUT2D eigenvalue weighted by atomic mass is 79.9. The van der Waals surface area contributed by atoms with Crippen molar-refractivity contribution in [1.82, 2.24) is 5.43 Å². The van der Waals surface area contributed by atoms with Crippen molar-refractivity contribution in [2.24, 2.45) is 5.10 Å². The van der Waals surface area contributed by atoms with Crippen LogP contribution >= 0.6 is 15.9 Å². The summed E-state index contributed by atoms with van der Waals surface area (Å²) in [6.45, 7) is 0.334. The molecule has 0 unspecified atom stereocenters. The number of hydrogen-bond acceptors (Lipinski definition) is 6. The van der Waals surface area contributed by atoms with Crippen molar-refractivity contribution < 1.29 is 19.2 Å². The van der Waals surface area contributed by atoms with E-state index in [1.165, 1.54) is 30.5 Å². The fraction of sp³-hybridized carbons (Fsp3) is 0.130. The normalized spacial score (nSPS) is 10.7. The molecule has 1 amide bonds. The number of carbonyl (C=O) groups is 1. The molecule has 164 valence electrons. The zero-order valence-electron chi connectivity index (χ0n) is 17.2. The van der Waals surface area contributed by atoms with Gasteiger partial charge < -0.3 is 9.47 Å². The van der Waals surface area contributed by atoms with E-state index in [4.69, 9.17) is 9.47 Å². The van der Waals surface area contributed by atoms with Crippen LogP contribution in [0.3, 0.4) is 0 Å². The van der Waals surface area contributed by atoms with Gasteiger partial charge in [0.1, 0.15) is 6.61 Å². The minimum absolute atomic E-state index is 0.0270. The van der Waals surface area contributed by atoms with Gasteiger partial charge in [0.25, 0.3) is 5.69 Å². The van der Waals surface area contributed by atoms with Crippen LogP contribution in [-0.2, 0) is 17.8 Å². The van der Waals surface area contributed by atoms with E-state index < -0.39 is 4.92 Å². The van der Waals surface area contributed by atoms with Gasteiger partial charge in [-0.15, -0.1) is 0 Å². The van der Waals surface area contributed by atoms with Gasteiger partial charge in [-0.2, -0.15) is 5.10 Å². The number of nitrogens with one attached hydrogen (secondary N) is 1. The second kappa shape index (κ2) is 11.1. The number of carbonyl (C=O) groups excluding carboxylic acids is 1. The monoisotopic (exact) mass is 497 g/mol. The molecule has 0 spiro atoms. The van der Waals surface area contributed by atoms with Crippen molar-refractivity contribution in [1.29, 1.82) is 0 Å².